The Morgan fingerprint density at radius 1 is 1.25 bits per heavy atom. The van der Waals surface area contributed by atoms with E-state index in [1.807, 2.05) is 0 Å². The number of nitrogens with zero attached hydrogens (tertiary/aromatic N) is 4. The van der Waals surface area contributed by atoms with Crippen LogP contribution in [-0.2, 0) is 4.74 Å². The second-order valence-electron chi connectivity index (χ2n) is 5.53. The summed E-state index contributed by atoms with van der Waals surface area (Å²) in [6, 6.07) is 0.279. The van der Waals surface area contributed by atoms with Crippen LogP contribution in [0.4, 0.5) is 5.95 Å². The van der Waals surface area contributed by atoms with E-state index in [0.717, 1.165) is 38.7 Å². The molecule has 0 amide bonds. The van der Waals surface area contributed by atoms with E-state index in [9.17, 15) is 0 Å². The Labute approximate surface area is 119 Å². The Hall–Kier alpha value is -1.18. The molecular formula is C13H23N5O2. The number of piperazine rings is 1. The summed E-state index contributed by atoms with van der Waals surface area (Å²) >= 11 is 0. The third-order valence-corrected chi connectivity index (χ3v) is 4.08. The summed E-state index contributed by atoms with van der Waals surface area (Å²) in [7, 11) is 2.13. The molecule has 112 valence electrons. The van der Waals surface area contributed by atoms with Gasteiger partial charge in [0.1, 0.15) is 0 Å². The minimum Gasteiger partial charge on any atom is -0.379 e. The highest BCUT2D eigenvalue weighted by Gasteiger charge is 2.34. The summed E-state index contributed by atoms with van der Waals surface area (Å²) in [5, 5.41) is 7.56. The first-order valence-corrected chi connectivity index (χ1v) is 7.36. The lowest BCUT2D eigenvalue weighted by molar-refractivity contribution is 0.185. The Kier molecular flexibility index (Phi) is 4.18. The van der Waals surface area contributed by atoms with Crippen LogP contribution < -0.4 is 10.2 Å². The van der Waals surface area contributed by atoms with Gasteiger partial charge in [0.15, 0.2) is 0 Å². The van der Waals surface area contributed by atoms with Gasteiger partial charge in [-0.1, -0.05) is 6.92 Å². The van der Waals surface area contributed by atoms with Gasteiger partial charge in [-0.3, -0.25) is 0 Å². The van der Waals surface area contributed by atoms with E-state index in [2.05, 4.69) is 39.2 Å². The summed E-state index contributed by atoms with van der Waals surface area (Å²) in [4.78, 5) is 9.08. The Balaban J connectivity index is 1.67. The molecule has 7 heteroatoms. The van der Waals surface area contributed by atoms with Crippen LogP contribution in [0.3, 0.4) is 0 Å². The van der Waals surface area contributed by atoms with Crippen molar-refractivity contribution in [3.8, 4) is 0 Å². The topological polar surface area (TPSA) is 66.7 Å². The predicted octanol–water partition coefficient (Wildman–Crippen LogP) is -0.0867. The number of hydrogen-bond donors (Lipinski definition) is 1. The van der Waals surface area contributed by atoms with E-state index in [0.29, 0.717) is 19.1 Å². The van der Waals surface area contributed by atoms with Crippen molar-refractivity contribution in [1.29, 1.82) is 0 Å². The molecule has 0 radical (unpaired) electrons. The van der Waals surface area contributed by atoms with Crippen molar-refractivity contribution in [3.63, 3.8) is 0 Å². The Morgan fingerprint density at radius 3 is 2.80 bits per heavy atom. The molecule has 1 aromatic rings. The van der Waals surface area contributed by atoms with E-state index < -0.39 is 0 Å². The number of aromatic nitrogens is 2. The molecule has 1 N–H and O–H groups in total. The van der Waals surface area contributed by atoms with Crippen molar-refractivity contribution in [3.05, 3.63) is 5.89 Å². The molecule has 2 fully saturated rings. The summed E-state index contributed by atoms with van der Waals surface area (Å²) in [6.45, 7) is 8.36. The van der Waals surface area contributed by atoms with E-state index in [4.69, 9.17) is 9.26 Å². The van der Waals surface area contributed by atoms with Crippen LogP contribution in [-0.4, -0.2) is 74.1 Å². The van der Waals surface area contributed by atoms with Gasteiger partial charge in [-0.25, -0.2) is 0 Å². The number of anilines is 1. The minimum absolute atomic E-state index is 0.170. The predicted molar refractivity (Wildman–Crippen MR) is 75.0 cm³/mol. The third-order valence-electron chi connectivity index (χ3n) is 4.08. The molecule has 20 heavy (non-hydrogen) atoms. The number of rotatable bonds is 4. The quantitative estimate of drug-likeness (QED) is 0.827. The first kappa shape index (κ1) is 13.8. The molecule has 0 saturated carbocycles. The largest absolute Gasteiger partial charge is 0.379 e. The van der Waals surface area contributed by atoms with Crippen LogP contribution in [0.5, 0.6) is 0 Å². The van der Waals surface area contributed by atoms with Gasteiger partial charge in [0.05, 0.1) is 19.1 Å². The van der Waals surface area contributed by atoms with Crippen molar-refractivity contribution in [2.45, 2.75) is 18.9 Å². The maximum atomic E-state index is 5.53. The van der Waals surface area contributed by atoms with Crippen LogP contribution in [0.2, 0.25) is 0 Å². The third kappa shape index (κ3) is 2.79. The zero-order chi connectivity index (χ0) is 13.9. The highest BCUT2D eigenvalue weighted by atomic mass is 16.5. The molecule has 3 heterocycles. The van der Waals surface area contributed by atoms with Crippen molar-refractivity contribution in [2.24, 2.45) is 0 Å². The van der Waals surface area contributed by atoms with Gasteiger partial charge in [-0.15, -0.1) is 0 Å². The minimum atomic E-state index is 0.170. The highest BCUT2D eigenvalue weighted by molar-refractivity contribution is 5.29. The summed E-state index contributed by atoms with van der Waals surface area (Å²) in [5.41, 5.74) is 0. The van der Waals surface area contributed by atoms with Crippen LogP contribution in [0, 0.1) is 0 Å². The average molecular weight is 281 g/mol. The van der Waals surface area contributed by atoms with Crippen LogP contribution in [0.25, 0.3) is 0 Å². The summed E-state index contributed by atoms with van der Waals surface area (Å²) in [6.07, 6.45) is 0. The number of likely N-dealkylation sites (N-methyl/N-ethyl adjacent to an activating group) is 2. The molecule has 3 rings (SSSR count). The molecule has 1 aromatic heterocycles. The number of nitrogens with one attached hydrogen (secondary N) is 1. The van der Waals surface area contributed by atoms with Gasteiger partial charge >= 0.3 is 0 Å². The molecule has 0 aromatic carbocycles. The number of ether oxygens (including phenoxy) is 1. The lowest BCUT2D eigenvalue weighted by Gasteiger charge is -2.31. The molecule has 2 aliphatic rings. The average Bonchev–Trinajstić information content (AvgIpc) is 3.08. The lowest BCUT2D eigenvalue weighted by atomic mass is 10.0. The fourth-order valence-electron chi connectivity index (χ4n) is 2.77. The van der Waals surface area contributed by atoms with Gasteiger partial charge in [0, 0.05) is 32.2 Å². The van der Waals surface area contributed by atoms with Gasteiger partial charge in [0.2, 0.25) is 5.89 Å². The number of hydrogen-bond acceptors (Lipinski definition) is 7. The smallest absolute Gasteiger partial charge is 0.266 e. The van der Waals surface area contributed by atoms with E-state index in [-0.39, 0.29) is 12.0 Å². The molecule has 7 nitrogen and oxygen atoms in total. The maximum absolute atomic E-state index is 5.53. The SMILES string of the molecule is CCNC1COCC1c1nc(N2CCN(C)CC2)no1. The van der Waals surface area contributed by atoms with E-state index >= 15 is 0 Å². The zero-order valence-electron chi connectivity index (χ0n) is 12.2. The van der Waals surface area contributed by atoms with Gasteiger partial charge in [-0.05, 0) is 18.7 Å². The van der Waals surface area contributed by atoms with Crippen LogP contribution >= 0.6 is 0 Å². The molecule has 2 atom stereocenters. The molecule has 0 spiro atoms. The standard InChI is InChI=1S/C13H23N5O2/c1-3-14-11-9-19-8-10(11)12-15-13(16-20-12)18-6-4-17(2)5-7-18/h10-11,14H,3-9H2,1-2H3. The van der Waals surface area contributed by atoms with Gasteiger partial charge < -0.3 is 24.4 Å². The molecule has 0 bridgehead atoms. The van der Waals surface area contributed by atoms with E-state index in [1.165, 1.54) is 0 Å². The normalized spacial score (nSPS) is 28.2. The first-order valence-electron chi connectivity index (χ1n) is 7.36. The highest BCUT2D eigenvalue weighted by Crippen LogP contribution is 2.26. The van der Waals surface area contributed by atoms with Gasteiger partial charge in [-0.2, -0.15) is 4.98 Å². The fraction of sp³-hybridized carbons (Fsp3) is 0.846. The Morgan fingerprint density at radius 2 is 2.05 bits per heavy atom. The Bertz CT molecular complexity index is 430. The maximum Gasteiger partial charge on any atom is 0.266 e. The molecule has 2 aliphatic heterocycles. The zero-order valence-corrected chi connectivity index (χ0v) is 12.2. The second kappa shape index (κ2) is 6.07. The van der Waals surface area contributed by atoms with Crippen LogP contribution in [0.15, 0.2) is 4.52 Å². The van der Waals surface area contributed by atoms with Crippen molar-refractivity contribution in [1.82, 2.24) is 20.4 Å². The fourth-order valence-corrected chi connectivity index (χ4v) is 2.77. The van der Waals surface area contributed by atoms with Crippen LogP contribution in [0.1, 0.15) is 18.7 Å². The summed E-state index contributed by atoms with van der Waals surface area (Å²) in [5.74, 6) is 1.58. The molecular weight excluding hydrogens is 258 g/mol. The molecule has 0 aliphatic carbocycles. The molecule has 2 unspecified atom stereocenters. The summed E-state index contributed by atoms with van der Waals surface area (Å²) < 4.78 is 11.0. The monoisotopic (exact) mass is 281 g/mol. The van der Waals surface area contributed by atoms with Crippen molar-refractivity contribution in [2.75, 3.05) is 57.9 Å². The van der Waals surface area contributed by atoms with Crippen molar-refractivity contribution < 1.29 is 9.26 Å². The lowest BCUT2D eigenvalue weighted by Crippen LogP contribution is -2.45. The van der Waals surface area contributed by atoms with Crippen molar-refractivity contribution >= 4 is 5.95 Å². The van der Waals surface area contributed by atoms with Gasteiger partial charge in [0.25, 0.3) is 5.95 Å². The van der Waals surface area contributed by atoms with E-state index in [1.54, 1.807) is 0 Å². The second-order valence-corrected chi connectivity index (χ2v) is 5.53. The first-order chi connectivity index (χ1) is 9.78. The molecule has 2 saturated heterocycles.